The molecule has 1 aromatic rings. The highest BCUT2D eigenvalue weighted by molar-refractivity contribution is 14.1. The number of halogens is 1. The number of carbonyl (C=O) groups is 1. The summed E-state index contributed by atoms with van der Waals surface area (Å²) in [5, 5.41) is 0. The highest BCUT2D eigenvalue weighted by Crippen LogP contribution is 2.19. The van der Waals surface area contributed by atoms with Crippen LogP contribution in [0.2, 0.25) is 0 Å². The van der Waals surface area contributed by atoms with Crippen molar-refractivity contribution in [3.05, 3.63) is 33.4 Å². The summed E-state index contributed by atoms with van der Waals surface area (Å²) < 4.78 is 1.24. The quantitative estimate of drug-likeness (QED) is 0.774. The molecule has 2 heteroatoms. The molecule has 1 rings (SSSR count). The predicted octanol–water partition coefficient (Wildman–Crippen LogP) is 3.69. The van der Waals surface area contributed by atoms with Gasteiger partial charge in [-0.15, -0.1) is 0 Å². The lowest BCUT2D eigenvalue weighted by Crippen LogP contribution is -2.20. The minimum atomic E-state index is 0.157. The lowest BCUT2D eigenvalue weighted by Gasteiger charge is -2.17. The molecule has 0 fully saturated rings. The van der Waals surface area contributed by atoms with Gasteiger partial charge in [-0.25, -0.2) is 0 Å². The van der Waals surface area contributed by atoms with Gasteiger partial charge in [0.25, 0.3) is 0 Å². The number of rotatable bonds is 4. The van der Waals surface area contributed by atoms with Crippen LogP contribution in [0.15, 0.2) is 24.3 Å². The van der Waals surface area contributed by atoms with Gasteiger partial charge in [0.05, 0.1) is 0 Å². The monoisotopic (exact) mass is 316 g/mol. The van der Waals surface area contributed by atoms with E-state index in [2.05, 4.69) is 60.7 Å². The molecule has 1 atom stereocenters. The molecule has 0 bridgehead atoms. The van der Waals surface area contributed by atoms with E-state index in [-0.39, 0.29) is 5.92 Å². The van der Waals surface area contributed by atoms with Crippen LogP contribution in [0.1, 0.15) is 26.3 Å². The Hall–Kier alpha value is -0.380. The van der Waals surface area contributed by atoms with Crippen molar-refractivity contribution in [1.29, 1.82) is 0 Å². The molecular weight excluding hydrogens is 299 g/mol. The summed E-state index contributed by atoms with van der Waals surface area (Å²) in [5.74, 6) is 0.871. The summed E-state index contributed by atoms with van der Waals surface area (Å²) in [7, 11) is 0. The standard InChI is InChI=1S/C13H17IO/c1-9(2)13(10(3)15)8-11-4-6-12(14)7-5-11/h4-7,9,13H,8H2,1-3H3. The van der Waals surface area contributed by atoms with Crippen LogP contribution < -0.4 is 0 Å². The molecule has 82 valence electrons. The van der Waals surface area contributed by atoms with Crippen molar-refractivity contribution in [3.8, 4) is 0 Å². The van der Waals surface area contributed by atoms with Crippen LogP contribution in [0.25, 0.3) is 0 Å². The maximum Gasteiger partial charge on any atom is 0.133 e. The number of carbonyl (C=O) groups excluding carboxylic acids is 1. The number of Topliss-reactive ketones (excluding diaryl/α,β-unsaturated/α-hetero) is 1. The first-order valence-electron chi connectivity index (χ1n) is 5.25. The van der Waals surface area contributed by atoms with Crippen LogP contribution in [-0.4, -0.2) is 5.78 Å². The molecule has 0 radical (unpaired) electrons. The molecule has 0 saturated heterocycles. The van der Waals surface area contributed by atoms with Gasteiger partial charge < -0.3 is 0 Å². The first-order chi connectivity index (χ1) is 7.00. The fraction of sp³-hybridized carbons (Fsp3) is 0.462. The van der Waals surface area contributed by atoms with Crippen molar-refractivity contribution in [2.75, 3.05) is 0 Å². The Kier molecular flexibility index (Phi) is 4.77. The Labute approximate surface area is 105 Å². The third kappa shape index (κ3) is 3.93. The summed E-state index contributed by atoms with van der Waals surface area (Å²) in [5.41, 5.74) is 1.25. The van der Waals surface area contributed by atoms with Crippen molar-refractivity contribution in [1.82, 2.24) is 0 Å². The SMILES string of the molecule is CC(=O)C(Cc1ccc(I)cc1)C(C)C. The van der Waals surface area contributed by atoms with Crippen LogP contribution >= 0.6 is 22.6 Å². The molecule has 0 aliphatic carbocycles. The van der Waals surface area contributed by atoms with Gasteiger partial charge in [-0.05, 0) is 59.5 Å². The average Bonchev–Trinajstić information content (AvgIpc) is 2.15. The van der Waals surface area contributed by atoms with E-state index < -0.39 is 0 Å². The van der Waals surface area contributed by atoms with Crippen LogP contribution in [0.3, 0.4) is 0 Å². The number of ketones is 1. The normalized spacial score (nSPS) is 12.9. The third-order valence-corrected chi connectivity index (χ3v) is 3.41. The molecule has 1 nitrogen and oxygen atoms in total. The van der Waals surface area contributed by atoms with Crippen molar-refractivity contribution in [2.45, 2.75) is 27.2 Å². The van der Waals surface area contributed by atoms with E-state index in [9.17, 15) is 4.79 Å². The Balaban J connectivity index is 2.74. The highest BCUT2D eigenvalue weighted by Gasteiger charge is 2.18. The van der Waals surface area contributed by atoms with Crippen LogP contribution in [-0.2, 0) is 11.2 Å². The Morgan fingerprint density at radius 1 is 1.27 bits per heavy atom. The summed E-state index contributed by atoms with van der Waals surface area (Å²) in [4.78, 5) is 11.5. The first-order valence-corrected chi connectivity index (χ1v) is 6.33. The smallest absolute Gasteiger partial charge is 0.133 e. The summed E-state index contributed by atoms with van der Waals surface area (Å²) in [6.07, 6.45) is 0.865. The summed E-state index contributed by atoms with van der Waals surface area (Å²) >= 11 is 2.29. The number of hydrogen-bond acceptors (Lipinski definition) is 1. The predicted molar refractivity (Wildman–Crippen MR) is 71.9 cm³/mol. The zero-order valence-electron chi connectivity index (χ0n) is 9.46. The molecule has 1 aromatic carbocycles. The topological polar surface area (TPSA) is 17.1 Å². The Bertz CT molecular complexity index is 327. The Morgan fingerprint density at radius 2 is 1.80 bits per heavy atom. The maximum absolute atomic E-state index is 11.5. The lowest BCUT2D eigenvalue weighted by atomic mass is 9.86. The molecule has 0 heterocycles. The molecule has 0 amide bonds. The van der Waals surface area contributed by atoms with E-state index in [1.54, 1.807) is 6.92 Å². The largest absolute Gasteiger partial charge is 0.300 e. The first kappa shape index (κ1) is 12.7. The second-order valence-corrected chi connectivity index (χ2v) is 5.54. The average molecular weight is 316 g/mol. The zero-order chi connectivity index (χ0) is 11.4. The van der Waals surface area contributed by atoms with Crippen molar-refractivity contribution in [2.24, 2.45) is 11.8 Å². The molecule has 0 aliphatic rings. The molecule has 0 aromatic heterocycles. The van der Waals surface area contributed by atoms with Gasteiger partial charge in [-0.1, -0.05) is 26.0 Å². The van der Waals surface area contributed by atoms with Crippen LogP contribution in [0, 0.1) is 15.4 Å². The molecule has 0 spiro atoms. The minimum absolute atomic E-state index is 0.157. The van der Waals surface area contributed by atoms with Crippen LogP contribution in [0.4, 0.5) is 0 Å². The third-order valence-electron chi connectivity index (χ3n) is 2.70. The number of hydrogen-bond donors (Lipinski definition) is 0. The van der Waals surface area contributed by atoms with Crippen molar-refractivity contribution < 1.29 is 4.79 Å². The highest BCUT2D eigenvalue weighted by atomic mass is 127. The van der Waals surface area contributed by atoms with E-state index in [0.717, 1.165) is 6.42 Å². The van der Waals surface area contributed by atoms with Gasteiger partial charge in [0.15, 0.2) is 0 Å². The molecule has 15 heavy (non-hydrogen) atoms. The molecule has 0 aliphatic heterocycles. The lowest BCUT2D eigenvalue weighted by molar-refractivity contribution is -0.121. The molecule has 0 saturated carbocycles. The summed E-state index contributed by atoms with van der Waals surface area (Å²) in [6, 6.07) is 8.40. The Morgan fingerprint density at radius 3 is 2.20 bits per heavy atom. The van der Waals surface area contributed by atoms with Crippen LogP contribution in [0.5, 0.6) is 0 Å². The maximum atomic E-state index is 11.5. The fourth-order valence-electron chi connectivity index (χ4n) is 1.72. The van der Waals surface area contributed by atoms with E-state index in [1.807, 2.05) is 0 Å². The van der Waals surface area contributed by atoms with Gasteiger partial charge >= 0.3 is 0 Å². The van der Waals surface area contributed by atoms with Gasteiger partial charge in [0.2, 0.25) is 0 Å². The molecule has 1 unspecified atom stereocenters. The number of benzene rings is 1. The fourth-order valence-corrected chi connectivity index (χ4v) is 2.08. The summed E-state index contributed by atoms with van der Waals surface area (Å²) in [6.45, 7) is 5.91. The zero-order valence-corrected chi connectivity index (χ0v) is 11.6. The van der Waals surface area contributed by atoms with Gasteiger partial charge in [0, 0.05) is 9.49 Å². The second-order valence-electron chi connectivity index (χ2n) is 4.29. The van der Waals surface area contributed by atoms with E-state index in [1.165, 1.54) is 9.13 Å². The van der Waals surface area contributed by atoms with E-state index in [0.29, 0.717) is 11.7 Å². The van der Waals surface area contributed by atoms with Crippen molar-refractivity contribution in [3.63, 3.8) is 0 Å². The van der Waals surface area contributed by atoms with E-state index >= 15 is 0 Å². The van der Waals surface area contributed by atoms with Gasteiger partial charge in [-0.2, -0.15) is 0 Å². The second kappa shape index (κ2) is 5.64. The van der Waals surface area contributed by atoms with E-state index in [4.69, 9.17) is 0 Å². The van der Waals surface area contributed by atoms with Gasteiger partial charge in [-0.3, -0.25) is 4.79 Å². The minimum Gasteiger partial charge on any atom is -0.300 e. The molecular formula is C13H17IO. The van der Waals surface area contributed by atoms with Gasteiger partial charge in [0.1, 0.15) is 5.78 Å². The van der Waals surface area contributed by atoms with Crippen molar-refractivity contribution >= 4 is 28.4 Å². The molecule has 0 N–H and O–H groups in total.